The Morgan fingerprint density at radius 1 is 0.969 bits per heavy atom. The molecule has 3 aromatic rings. The molecule has 0 aliphatic carbocycles. The number of esters is 1. The summed E-state index contributed by atoms with van der Waals surface area (Å²) >= 11 is 1.42. The van der Waals surface area contributed by atoms with Crippen LogP contribution in [0.2, 0.25) is 0 Å². The zero-order valence-electron chi connectivity index (χ0n) is 18.0. The summed E-state index contributed by atoms with van der Waals surface area (Å²) in [5.41, 5.74) is 3.55. The Kier molecular flexibility index (Phi) is 7.62. The first kappa shape index (κ1) is 23.0. The van der Waals surface area contributed by atoms with Crippen LogP contribution in [0.4, 0.5) is 5.69 Å². The highest BCUT2D eigenvalue weighted by Gasteiger charge is 2.15. The zero-order chi connectivity index (χ0) is 23.1. The number of rotatable bonds is 7. The van der Waals surface area contributed by atoms with Crippen molar-refractivity contribution in [3.8, 4) is 0 Å². The highest BCUT2D eigenvalue weighted by atomic mass is 32.2. The monoisotopic (exact) mass is 449 g/mol. The van der Waals surface area contributed by atoms with Gasteiger partial charge in [-0.3, -0.25) is 14.4 Å². The zero-order valence-corrected chi connectivity index (χ0v) is 18.8. The average molecular weight is 450 g/mol. The molecule has 0 bridgehead atoms. The van der Waals surface area contributed by atoms with E-state index in [2.05, 4.69) is 26.4 Å². The molecule has 2 aromatic carbocycles. The normalized spacial score (nSPS) is 10.3. The molecule has 2 amide bonds. The summed E-state index contributed by atoms with van der Waals surface area (Å²) in [5.74, 6) is -1.33. The Hall–Kier alpha value is -3.65. The van der Waals surface area contributed by atoms with Gasteiger partial charge in [0.05, 0.1) is 12.7 Å². The number of nitrogens with zero attached hydrogens (tertiary/aromatic N) is 1. The van der Waals surface area contributed by atoms with E-state index in [1.165, 1.54) is 36.1 Å². The Balaban J connectivity index is 1.74. The highest BCUT2D eigenvalue weighted by Crippen LogP contribution is 2.30. The fourth-order valence-corrected chi connectivity index (χ4v) is 3.78. The number of aryl methyl sites for hydroxylation is 2. The van der Waals surface area contributed by atoms with Crippen molar-refractivity contribution in [2.24, 2.45) is 0 Å². The average Bonchev–Trinajstić information content (AvgIpc) is 2.80. The summed E-state index contributed by atoms with van der Waals surface area (Å²) in [6.07, 6.45) is 1.65. The van der Waals surface area contributed by atoms with Crippen LogP contribution in [0.5, 0.6) is 0 Å². The van der Waals surface area contributed by atoms with E-state index in [9.17, 15) is 14.4 Å². The van der Waals surface area contributed by atoms with Crippen molar-refractivity contribution in [3.63, 3.8) is 0 Å². The lowest BCUT2D eigenvalue weighted by Gasteiger charge is -2.11. The van der Waals surface area contributed by atoms with Crippen molar-refractivity contribution in [2.45, 2.75) is 23.8 Å². The standard InChI is InChI=1S/C24H23N3O4S/c1-15-9-10-19(12-16(15)2)32-24-20(8-5-11-25-24)23(30)27-18-7-4-6-17(13-18)22(29)26-14-21(28)31-3/h4-13H,14H2,1-3H3,(H,26,29)(H,27,30). The molecule has 0 fully saturated rings. The number of hydrogen-bond acceptors (Lipinski definition) is 6. The van der Waals surface area contributed by atoms with Crippen LogP contribution in [0.25, 0.3) is 0 Å². The Morgan fingerprint density at radius 3 is 2.53 bits per heavy atom. The number of aromatic nitrogens is 1. The van der Waals surface area contributed by atoms with Gasteiger partial charge in [0.25, 0.3) is 11.8 Å². The first-order chi connectivity index (χ1) is 15.4. The van der Waals surface area contributed by atoms with Crippen molar-refractivity contribution in [1.82, 2.24) is 10.3 Å². The predicted molar refractivity (Wildman–Crippen MR) is 123 cm³/mol. The molecule has 0 spiro atoms. The minimum absolute atomic E-state index is 0.235. The number of hydrogen-bond donors (Lipinski definition) is 2. The number of carbonyl (C=O) groups excluding carboxylic acids is 3. The van der Waals surface area contributed by atoms with Crippen LogP contribution in [0.1, 0.15) is 31.8 Å². The number of benzene rings is 2. The van der Waals surface area contributed by atoms with Crippen molar-refractivity contribution in [2.75, 3.05) is 19.0 Å². The van der Waals surface area contributed by atoms with Gasteiger partial charge < -0.3 is 15.4 Å². The van der Waals surface area contributed by atoms with Crippen LogP contribution in [0.3, 0.4) is 0 Å². The molecule has 0 radical (unpaired) electrons. The minimum Gasteiger partial charge on any atom is -0.468 e. The molecular weight excluding hydrogens is 426 g/mol. The van der Waals surface area contributed by atoms with Crippen LogP contribution in [-0.2, 0) is 9.53 Å². The number of pyridine rings is 1. The lowest BCUT2D eigenvalue weighted by Crippen LogP contribution is -2.30. The molecule has 8 heteroatoms. The van der Waals surface area contributed by atoms with Crippen molar-refractivity contribution < 1.29 is 19.1 Å². The number of methoxy groups -OCH3 is 1. The lowest BCUT2D eigenvalue weighted by molar-refractivity contribution is -0.139. The molecule has 164 valence electrons. The van der Waals surface area contributed by atoms with Crippen molar-refractivity contribution in [3.05, 3.63) is 83.0 Å². The van der Waals surface area contributed by atoms with Gasteiger partial charge in [0.2, 0.25) is 0 Å². The quantitative estimate of drug-likeness (QED) is 0.529. The topological polar surface area (TPSA) is 97.4 Å². The fourth-order valence-electron chi connectivity index (χ4n) is 2.80. The second-order valence-corrected chi connectivity index (χ2v) is 8.06. The van der Waals surface area contributed by atoms with Gasteiger partial charge in [-0.1, -0.05) is 23.9 Å². The molecule has 3 rings (SSSR count). The van der Waals surface area contributed by atoms with Crippen LogP contribution >= 0.6 is 11.8 Å². The number of ether oxygens (including phenoxy) is 1. The van der Waals surface area contributed by atoms with Gasteiger partial charge >= 0.3 is 5.97 Å². The maximum Gasteiger partial charge on any atom is 0.325 e. The maximum atomic E-state index is 13.0. The molecule has 1 aromatic heterocycles. The largest absolute Gasteiger partial charge is 0.468 e. The van der Waals surface area contributed by atoms with E-state index < -0.39 is 11.9 Å². The van der Waals surface area contributed by atoms with Crippen molar-refractivity contribution in [1.29, 1.82) is 0 Å². The van der Waals surface area contributed by atoms with Crippen LogP contribution in [0, 0.1) is 13.8 Å². The number of carbonyl (C=O) groups is 3. The molecule has 1 heterocycles. The molecule has 0 unspecified atom stereocenters. The third-order valence-corrected chi connectivity index (χ3v) is 5.72. The van der Waals surface area contributed by atoms with Gasteiger partial charge in [-0.2, -0.15) is 0 Å². The van der Waals surface area contributed by atoms with Gasteiger partial charge in [-0.25, -0.2) is 4.98 Å². The molecule has 0 saturated carbocycles. The fraction of sp³-hybridized carbons (Fsp3) is 0.167. The van der Waals surface area contributed by atoms with Crippen LogP contribution < -0.4 is 10.6 Å². The van der Waals surface area contributed by atoms with Crippen LogP contribution in [0.15, 0.2) is 70.7 Å². The maximum absolute atomic E-state index is 13.0. The van der Waals surface area contributed by atoms with E-state index in [-0.39, 0.29) is 12.5 Å². The van der Waals surface area contributed by atoms with Gasteiger partial charge in [0, 0.05) is 22.3 Å². The first-order valence-electron chi connectivity index (χ1n) is 9.84. The second-order valence-electron chi connectivity index (χ2n) is 7.00. The number of nitrogens with one attached hydrogen (secondary N) is 2. The van der Waals surface area contributed by atoms with E-state index in [1.807, 2.05) is 26.0 Å². The summed E-state index contributed by atoms with van der Waals surface area (Å²) < 4.78 is 4.51. The smallest absolute Gasteiger partial charge is 0.325 e. The van der Waals surface area contributed by atoms with E-state index in [0.29, 0.717) is 21.8 Å². The molecule has 0 saturated heterocycles. The summed E-state index contributed by atoms with van der Waals surface area (Å²) in [5, 5.41) is 5.86. The molecule has 0 aliphatic rings. The third kappa shape index (κ3) is 5.95. The lowest BCUT2D eigenvalue weighted by atomic mass is 10.1. The van der Waals surface area contributed by atoms with Gasteiger partial charge in [-0.15, -0.1) is 0 Å². The highest BCUT2D eigenvalue weighted by molar-refractivity contribution is 7.99. The second kappa shape index (κ2) is 10.6. The number of amides is 2. The van der Waals surface area contributed by atoms with Crippen molar-refractivity contribution >= 4 is 35.2 Å². The molecule has 2 N–H and O–H groups in total. The molecule has 0 aliphatic heterocycles. The predicted octanol–water partition coefficient (Wildman–Crippen LogP) is 4.00. The molecule has 0 atom stereocenters. The Labute approximate surface area is 190 Å². The Morgan fingerprint density at radius 2 is 1.78 bits per heavy atom. The summed E-state index contributed by atoms with van der Waals surface area (Å²) in [6, 6.07) is 16.0. The van der Waals surface area contributed by atoms with Gasteiger partial charge in [0.15, 0.2) is 0 Å². The minimum atomic E-state index is -0.548. The van der Waals surface area contributed by atoms with E-state index in [0.717, 1.165) is 4.90 Å². The number of anilines is 1. The van der Waals surface area contributed by atoms with Gasteiger partial charge in [-0.05, 0) is 67.4 Å². The van der Waals surface area contributed by atoms with E-state index in [4.69, 9.17) is 0 Å². The molecular formula is C24H23N3O4S. The first-order valence-corrected chi connectivity index (χ1v) is 10.7. The van der Waals surface area contributed by atoms with Gasteiger partial charge in [0.1, 0.15) is 11.6 Å². The Bertz CT molecular complexity index is 1160. The van der Waals surface area contributed by atoms with E-state index in [1.54, 1.807) is 36.5 Å². The third-order valence-electron chi connectivity index (χ3n) is 4.71. The molecule has 32 heavy (non-hydrogen) atoms. The summed E-state index contributed by atoms with van der Waals surface area (Å²) in [7, 11) is 1.25. The van der Waals surface area contributed by atoms with Crippen LogP contribution in [-0.4, -0.2) is 36.4 Å². The summed E-state index contributed by atoms with van der Waals surface area (Å²) in [6.45, 7) is 3.85. The summed E-state index contributed by atoms with van der Waals surface area (Å²) in [4.78, 5) is 41.8. The molecule has 7 nitrogen and oxygen atoms in total. The SMILES string of the molecule is COC(=O)CNC(=O)c1cccc(NC(=O)c2cccnc2Sc2ccc(C)c(C)c2)c1. The van der Waals surface area contributed by atoms with E-state index >= 15 is 0 Å².